The highest BCUT2D eigenvalue weighted by molar-refractivity contribution is 6.02. The van der Waals surface area contributed by atoms with E-state index in [4.69, 9.17) is 9.15 Å². The van der Waals surface area contributed by atoms with E-state index in [0.717, 1.165) is 0 Å². The third-order valence-corrected chi connectivity index (χ3v) is 3.79. The van der Waals surface area contributed by atoms with Crippen molar-refractivity contribution in [3.8, 4) is 11.5 Å². The summed E-state index contributed by atoms with van der Waals surface area (Å²) in [6, 6.07) is 16.2. The second kappa shape index (κ2) is 7.20. The molecule has 2 aromatic carbocycles. The lowest BCUT2D eigenvalue weighted by Crippen LogP contribution is -2.21. The Hall–Kier alpha value is -4.20. The van der Waals surface area contributed by atoms with E-state index in [2.05, 4.69) is 15.3 Å². The van der Waals surface area contributed by atoms with Crippen molar-refractivity contribution < 1.29 is 23.8 Å². The molecule has 0 unspecified atom stereocenters. The number of nitrogens with zero attached hydrogens (tertiary/aromatic N) is 2. The number of para-hydroxylation sites is 1. The van der Waals surface area contributed by atoms with Crippen LogP contribution in [0.3, 0.4) is 0 Å². The predicted octanol–water partition coefficient (Wildman–Crippen LogP) is 2.63. The number of anilines is 1. The van der Waals surface area contributed by atoms with E-state index < -0.39 is 11.9 Å². The molecule has 28 heavy (non-hydrogen) atoms. The largest absolute Gasteiger partial charge is 0.545 e. The number of carboxylic acid groups (broad SMARTS) is 1. The maximum Gasteiger partial charge on any atom is 0.302 e. The number of amides is 1. The number of aromatic nitrogens is 2. The zero-order valence-corrected chi connectivity index (χ0v) is 14.3. The number of hydrogen-bond donors (Lipinski definition) is 1. The van der Waals surface area contributed by atoms with E-state index in [1.165, 1.54) is 30.5 Å². The number of oxazole rings is 1. The van der Waals surface area contributed by atoms with Gasteiger partial charge in [0.2, 0.25) is 0 Å². The smallest absolute Gasteiger partial charge is 0.302 e. The van der Waals surface area contributed by atoms with Crippen LogP contribution in [0.4, 0.5) is 6.01 Å². The van der Waals surface area contributed by atoms with Crippen LogP contribution < -0.4 is 15.2 Å². The Labute approximate surface area is 158 Å². The van der Waals surface area contributed by atoms with Crippen LogP contribution >= 0.6 is 0 Å². The molecule has 0 bridgehead atoms. The van der Waals surface area contributed by atoms with Gasteiger partial charge >= 0.3 is 6.01 Å². The Morgan fingerprint density at radius 2 is 1.82 bits per heavy atom. The van der Waals surface area contributed by atoms with Gasteiger partial charge in [0.1, 0.15) is 22.7 Å². The minimum absolute atomic E-state index is 0.0360. The van der Waals surface area contributed by atoms with Gasteiger partial charge in [-0.25, -0.2) is 0 Å². The summed E-state index contributed by atoms with van der Waals surface area (Å²) < 4.78 is 11.1. The molecule has 4 rings (SSSR count). The Morgan fingerprint density at radius 3 is 2.61 bits per heavy atom. The number of carbonyl (C=O) groups is 2. The highest BCUT2D eigenvalue weighted by atomic mass is 16.5. The highest BCUT2D eigenvalue weighted by Crippen LogP contribution is 2.23. The van der Waals surface area contributed by atoms with Gasteiger partial charge in [0.25, 0.3) is 5.91 Å². The van der Waals surface area contributed by atoms with Crippen LogP contribution in [0.15, 0.2) is 71.3 Å². The minimum Gasteiger partial charge on any atom is -0.545 e. The van der Waals surface area contributed by atoms with Gasteiger partial charge in [-0.05, 0) is 42.0 Å². The van der Waals surface area contributed by atoms with E-state index in [-0.39, 0.29) is 22.8 Å². The monoisotopic (exact) mass is 374 g/mol. The van der Waals surface area contributed by atoms with Gasteiger partial charge in [-0.1, -0.05) is 18.2 Å². The molecule has 0 aliphatic carbocycles. The summed E-state index contributed by atoms with van der Waals surface area (Å²) in [6.07, 6.45) is 1.45. The van der Waals surface area contributed by atoms with Crippen LogP contribution in [-0.2, 0) is 0 Å². The first kappa shape index (κ1) is 17.2. The normalized spacial score (nSPS) is 10.6. The maximum absolute atomic E-state index is 12.4. The zero-order valence-electron chi connectivity index (χ0n) is 14.3. The van der Waals surface area contributed by atoms with E-state index >= 15 is 0 Å². The summed E-state index contributed by atoms with van der Waals surface area (Å²) >= 11 is 0. The molecular formula is C20H12N3O5-. The number of nitrogens with one attached hydrogen (secondary N) is 1. The Bertz CT molecular complexity index is 1170. The summed E-state index contributed by atoms with van der Waals surface area (Å²) in [5, 5.41) is 13.4. The molecule has 138 valence electrons. The molecule has 0 saturated carbocycles. The van der Waals surface area contributed by atoms with Crippen molar-refractivity contribution in [3.05, 3.63) is 78.1 Å². The summed E-state index contributed by atoms with van der Waals surface area (Å²) in [5.74, 6) is -0.801. The summed E-state index contributed by atoms with van der Waals surface area (Å²) in [4.78, 5) is 31.4. The first-order valence-corrected chi connectivity index (χ1v) is 8.21. The number of carbonyl (C=O) groups excluding carboxylic acids is 2. The number of pyridine rings is 1. The van der Waals surface area contributed by atoms with E-state index in [0.29, 0.717) is 17.1 Å². The Balaban J connectivity index is 1.52. The Morgan fingerprint density at radius 1 is 1.00 bits per heavy atom. The summed E-state index contributed by atoms with van der Waals surface area (Å²) in [7, 11) is 0. The average molecular weight is 374 g/mol. The van der Waals surface area contributed by atoms with Gasteiger partial charge in [-0.2, -0.15) is 4.98 Å². The second-order valence-corrected chi connectivity index (χ2v) is 5.74. The molecule has 0 aliphatic rings. The van der Waals surface area contributed by atoms with Crippen LogP contribution in [0, 0.1) is 0 Å². The van der Waals surface area contributed by atoms with Crippen molar-refractivity contribution in [2.24, 2.45) is 0 Å². The molecule has 0 atom stereocenters. The molecule has 1 amide bonds. The molecule has 0 fully saturated rings. The number of ether oxygens (including phenoxy) is 1. The minimum atomic E-state index is -1.32. The van der Waals surface area contributed by atoms with Crippen LogP contribution in [0.25, 0.3) is 11.1 Å². The number of fused-ring (bicyclic) bond motifs is 1. The third-order valence-electron chi connectivity index (χ3n) is 3.79. The average Bonchev–Trinajstić information content (AvgIpc) is 3.10. The molecule has 4 aromatic rings. The standard InChI is InChI=1S/C20H13N3O5/c24-18(16-11-14(8-9-21-16)27-13-4-2-1-3-5-13)23-20-22-15-10-12(19(25)26)6-7-17(15)28-20/h1-11H,(H,25,26)(H,22,23,24)/p-1. The summed E-state index contributed by atoms with van der Waals surface area (Å²) in [5.41, 5.74) is 0.678. The van der Waals surface area contributed by atoms with Crippen molar-refractivity contribution in [2.45, 2.75) is 0 Å². The fraction of sp³-hybridized carbons (Fsp3) is 0. The lowest BCUT2D eigenvalue weighted by Gasteiger charge is -2.06. The zero-order chi connectivity index (χ0) is 19.5. The van der Waals surface area contributed by atoms with Gasteiger partial charge in [0.05, 0.1) is 5.97 Å². The first-order valence-electron chi connectivity index (χ1n) is 8.21. The SMILES string of the molecule is O=C([O-])c1ccc2oc(NC(=O)c3cc(Oc4ccccc4)ccn3)nc2c1. The first-order chi connectivity index (χ1) is 13.6. The molecule has 0 spiro atoms. The van der Waals surface area contributed by atoms with E-state index in [9.17, 15) is 14.7 Å². The van der Waals surface area contributed by atoms with Gasteiger partial charge in [-0.15, -0.1) is 0 Å². The number of benzene rings is 2. The molecule has 2 aromatic heterocycles. The molecule has 0 aliphatic heterocycles. The van der Waals surface area contributed by atoms with Crippen LogP contribution in [0.2, 0.25) is 0 Å². The molecule has 2 heterocycles. The number of carboxylic acids is 1. The number of rotatable bonds is 5. The lowest BCUT2D eigenvalue weighted by atomic mass is 10.2. The third kappa shape index (κ3) is 3.65. The van der Waals surface area contributed by atoms with Crippen LogP contribution in [0.1, 0.15) is 20.8 Å². The van der Waals surface area contributed by atoms with Crippen molar-refractivity contribution in [1.29, 1.82) is 0 Å². The van der Waals surface area contributed by atoms with Crippen molar-refractivity contribution in [1.82, 2.24) is 9.97 Å². The van der Waals surface area contributed by atoms with Crippen molar-refractivity contribution in [3.63, 3.8) is 0 Å². The topological polar surface area (TPSA) is 117 Å². The van der Waals surface area contributed by atoms with Crippen LogP contribution in [-0.4, -0.2) is 21.8 Å². The quantitative estimate of drug-likeness (QED) is 0.570. The number of hydrogen-bond acceptors (Lipinski definition) is 7. The van der Waals surface area contributed by atoms with Crippen LogP contribution in [0.5, 0.6) is 11.5 Å². The fourth-order valence-electron chi connectivity index (χ4n) is 2.49. The van der Waals surface area contributed by atoms with Gasteiger partial charge in [0.15, 0.2) is 5.58 Å². The molecule has 0 radical (unpaired) electrons. The van der Waals surface area contributed by atoms with Crippen molar-refractivity contribution >= 4 is 29.0 Å². The summed E-state index contributed by atoms with van der Waals surface area (Å²) in [6.45, 7) is 0. The fourth-order valence-corrected chi connectivity index (χ4v) is 2.49. The molecular weight excluding hydrogens is 362 g/mol. The second-order valence-electron chi connectivity index (χ2n) is 5.74. The molecule has 0 saturated heterocycles. The van der Waals surface area contributed by atoms with Crippen molar-refractivity contribution in [2.75, 3.05) is 5.32 Å². The molecule has 8 nitrogen and oxygen atoms in total. The lowest BCUT2D eigenvalue weighted by molar-refractivity contribution is -0.255. The van der Waals surface area contributed by atoms with Gasteiger partial charge in [0, 0.05) is 12.3 Å². The van der Waals surface area contributed by atoms with Gasteiger partial charge < -0.3 is 19.1 Å². The van der Waals surface area contributed by atoms with E-state index in [1.807, 2.05) is 18.2 Å². The van der Waals surface area contributed by atoms with Gasteiger partial charge in [-0.3, -0.25) is 15.1 Å². The molecule has 1 N–H and O–H groups in total. The molecule has 8 heteroatoms. The number of aromatic carboxylic acids is 1. The predicted molar refractivity (Wildman–Crippen MR) is 97.0 cm³/mol. The Kier molecular flexibility index (Phi) is 4.43. The highest BCUT2D eigenvalue weighted by Gasteiger charge is 2.14. The maximum atomic E-state index is 12.4. The van der Waals surface area contributed by atoms with E-state index in [1.54, 1.807) is 18.2 Å².